The van der Waals surface area contributed by atoms with E-state index >= 15 is 0 Å². The first-order valence-corrected chi connectivity index (χ1v) is 17.5. The fourth-order valence-corrected chi connectivity index (χ4v) is 6.37. The van der Waals surface area contributed by atoms with Crippen LogP contribution in [-0.4, -0.2) is 57.8 Å². The lowest BCUT2D eigenvalue weighted by Crippen LogP contribution is -2.32. The van der Waals surface area contributed by atoms with Crippen LogP contribution in [0.1, 0.15) is 74.3 Å². The van der Waals surface area contributed by atoms with Crippen LogP contribution in [0.15, 0.2) is 71.7 Å². The van der Waals surface area contributed by atoms with Crippen LogP contribution < -0.4 is 16.0 Å². The van der Waals surface area contributed by atoms with Gasteiger partial charge in [0.1, 0.15) is 23.6 Å². The first kappa shape index (κ1) is 33.5. The van der Waals surface area contributed by atoms with E-state index in [1.54, 1.807) is 21.7 Å². The summed E-state index contributed by atoms with van der Waals surface area (Å²) in [4.78, 5) is 27.6. The van der Waals surface area contributed by atoms with Crippen LogP contribution >= 0.6 is 0 Å². The maximum atomic E-state index is 13.9. The molecule has 51 heavy (non-hydrogen) atoms. The Hall–Kier alpha value is -5.97. The quantitative estimate of drug-likeness (QED) is 0.0877. The Morgan fingerprint density at radius 1 is 1.00 bits per heavy atom. The van der Waals surface area contributed by atoms with E-state index in [4.69, 9.17) is 9.40 Å². The Morgan fingerprint density at radius 2 is 1.84 bits per heavy atom. The highest BCUT2D eigenvalue weighted by Crippen LogP contribution is 2.43. The number of hydrogen-bond donors (Lipinski definition) is 3. The largest absolute Gasteiger partial charge is 0.441 e. The Labute approximate surface area is 296 Å². The topological polar surface area (TPSA) is 175 Å². The van der Waals surface area contributed by atoms with Crippen molar-refractivity contribution in [1.29, 1.82) is 5.26 Å². The van der Waals surface area contributed by atoms with Crippen LogP contribution in [0.25, 0.3) is 11.1 Å². The summed E-state index contributed by atoms with van der Waals surface area (Å²) in [6, 6.07) is 15.7. The summed E-state index contributed by atoms with van der Waals surface area (Å²) in [6.45, 7) is 3.48. The van der Waals surface area contributed by atoms with Crippen LogP contribution in [0.4, 0.5) is 22.4 Å². The van der Waals surface area contributed by atoms with Crippen molar-refractivity contribution in [2.45, 2.75) is 64.5 Å². The molecule has 2 unspecified atom stereocenters. The van der Waals surface area contributed by atoms with Crippen molar-refractivity contribution in [3.63, 3.8) is 0 Å². The van der Waals surface area contributed by atoms with Crippen molar-refractivity contribution in [1.82, 2.24) is 40.2 Å². The van der Waals surface area contributed by atoms with Gasteiger partial charge in [-0.2, -0.15) is 19.9 Å². The first-order chi connectivity index (χ1) is 25.0. The second-order valence-corrected chi connectivity index (χ2v) is 13.0. The molecule has 14 heteroatoms. The van der Waals surface area contributed by atoms with Gasteiger partial charge in [-0.3, -0.25) is 10.00 Å². The molecule has 0 aliphatic heterocycles. The number of rotatable bonds is 15. The van der Waals surface area contributed by atoms with E-state index in [1.807, 2.05) is 55.7 Å². The molecule has 1 aromatic carbocycles. The molecule has 5 aromatic rings. The summed E-state index contributed by atoms with van der Waals surface area (Å²) in [6.07, 6.45) is 12.9. The number of carbonyl (C=O) groups is 1. The van der Waals surface area contributed by atoms with Gasteiger partial charge >= 0.3 is 6.03 Å². The molecule has 14 nitrogen and oxygen atoms in total. The third kappa shape index (κ3) is 8.09. The highest BCUT2D eigenvalue weighted by molar-refractivity contribution is 6.03. The molecule has 4 aromatic heterocycles. The zero-order chi connectivity index (χ0) is 35.2. The summed E-state index contributed by atoms with van der Waals surface area (Å²) in [5.41, 5.74) is 4.35. The molecule has 2 atom stereocenters. The van der Waals surface area contributed by atoms with E-state index in [2.05, 4.69) is 54.2 Å². The van der Waals surface area contributed by atoms with Crippen molar-refractivity contribution >= 4 is 29.3 Å². The third-order valence-electron chi connectivity index (χ3n) is 9.20. The van der Waals surface area contributed by atoms with E-state index in [0.717, 1.165) is 60.9 Å². The predicted molar refractivity (Wildman–Crippen MR) is 190 cm³/mol. The van der Waals surface area contributed by atoms with Crippen LogP contribution in [0.2, 0.25) is 0 Å². The second kappa shape index (κ2) is 15.3. The molecule has 3 N–H and O–H groups in total. The van der Waals surface area contributed by atoms with Crippen LogP contribution in [-0.2, 0) is 20.1 Å². The smallest absolute Gasteiger partial charge is 0.423 e. The van der Waals surface area contributed by atoms with Gasteiger partial charge in [0.25, 0.3) is 5.82 Å². The highest BCUT2D eigenvalue weighted by Gasteiger charge is 2.50. The number of pyridine rings is 1. The molecule has 2 saturated carbocycles. The van der Waals surface area contributed by atoms with E-state index in [-0.39, 0.29) is 24.4 Å². The zero-order valence-electron chi connectivity index (χ0n) is 28.8. The summed E-state index contributed by atoms with van der Waals surface area (Å²) < 4.78 is 9.27. The van der Waals surface area contributed by atoms with Gasteiger partial charge in [0, 0.05) is 54.7 Å². The minimum Gasteiger partial charge on any atom is -0.423 e. The highest BCUT2D eigenvalue weighted by atomic mass is 16.4. The van der Waals surface area contributed by atoms with Gasteiger partial charge in [-0.1, -0.05) is 43.7 Å². The number of aromatic nitrogens is 7. The number of nitrogens with one attached hydrogen (secondary N) is 3. The Kier molecular flexibility index (Phi) is 10.0. The number of nitrogens with zero attached hydrogens (tertiary/aromatic N) is 9. The number of urea groups is 1. The Balaban J connectivity index is 1.03. The molecular formula is C37H41N12O2+. The average molecular weight is 686 g/mol. The second-order valence-electron chi connectivity index (χ2n) is 13.0. The first-order valence-electron chi connectivity index (χ1n) is 17.5. The van der Waals surface area contributed by atoms with E-state index in [9.17, 15) is 10.1 Å². The SMILES string of the molecule is CCCC1/C(=[N+](/C(=O)NCc2ccccc2)c2ccc(-c3cnn(C)c3)cn2)C1CCCNc1ncc(C#N)c(NCc2nnc(C3CC3)o2)n1. The Morgan fingerprint density at radius 3 is 2.57 bits per heavy atom. The number of hydrogen-bond acceptors (Lipinski definition) is 11. The normalized spacial score (nSPS) is 17.4. The van der Waals surface area contributed by atoms with Gasteiger partial charge in [-0.25, -0.2) is 9.78 Å². The molecule has 2 aliphatic carbocycles. The molecule has 4 heterocycles. The van der Waals surface area contributed by atoms with Gasteiger partial charge in [0.05, 0.1) is 31.2 Å². The molecule has 2 fully saturated rings. The average Bonchev–Trinajstić information content (AvgIpc) is 4.01. The molecule has 0 spiro atoms. The summed E-state index contributed by atoms with van der Waals surface area (Å²) in [7, 11) is 1.88. The van der Waals surface area contributed by atoms with Gasteiger partial charge in [0.15, 0.2) is 0 Å². The number of carbonyl (C=O) groups excluding carboxylic acids is 1. The monoisotopic (exact) mass is 685 g/mol. The van der Waals surface area contributed by atoms with Crippen molar-refractivity contribution in [2.24, 2.45) is 18.9 Å². The number of amides is 2. The van der Waals surface area contributed by atoms with E-state index in [1.165, 1.54) is 6.20 Å². The van der Waals surface area contributed by atoms with Crippen molar-refractivity contribution < 1.29 is 13.8 Å². The number of nitriles is 1. The molecule has 7 rings (SSSR count). The fourth-order valence-electron chi connectivity index (χ4n) is 6.37. The van der Waals surface area contributed by atoms with E-state index in [0.29, 0.717) is 53.9 Å². The minimum absolute atomic E-state index is 0.187. The maximum Gasteiger partial charge on any atom is 0.441 e. The molecule has 2 aliphatic rings. The van der Waals surface area contributed by atoms with Crippen molar-refractivity contribution in [3.8, 4) is 17.2 Å². The Bertz CT molecular complexity index is 2040. The summed E-state index contributed by atoms with van der Waals surface area (Å²) >= 11 is 0. The maximum absolute atomic E-state index is 13.9. The standard InChI is InChI=1S/C37H40N12O2/c1-3-8-29-30(11-7-16-39-36-42-20-27(17-38)34(45-36)41-22-32-46-47-35(51-32)25-12-13-25)33(29)49(37(50)43-18-24-9-5-4-6-10-24)31-15-14-26(19-40-31)28-21-44-48(2)23-28/h4-6,9-10,14-15,19-21,23,25,29-30H,3,7-8,11-13,16,18,22H2,1-2H3,(H2-,39,41,42,43,45,50)/p+1/b49-33-. The summed E-state index contributed by atoms with van der Waals surface area (Å²) in [5.74, 6) is 3.44. The van der Waals surface area contributed by atoms with Crippen molar-refractivity contribution in [3.05, 3.63) is 90.2 Å². The number of benzene rings is 1. The van der Waals surface area contributed by atoms with Gasteiger partial charge < -0.3 is 15.1 Å². The molecule has 260 valence electrons. The zero-order valence-corrected chi connectivity index (χ0v) is 28.8. The van der Waals surface area contributed by atoms with Crippen LogP contribution in [0.5, 0.6) is 0 Å². The van der Waals surface area contributed by atoms with Crippen LogP contribution in [0, 0.1) is 23.2 Å². The number of aryl methyl sites for hydroxylation is 1. The summed E-state index contributed by atoms with van der Waals surface area (Å²) in [5, 5.41) is 31.7. The molecule has 0 bridgehead atoms. The van der Waals surface area contributed by atoms with Gasteiger partial charge in [0.2, 0.25) is 17.7 Å². The predicted octanol–water partition coefficient (Wildman–Crippen LogP) is 5.95. The van der Waals surface area contributed by atoms with Gasteiger partial charge in [-0.05, 0) is 43.7 Å². The fraction of sp³-hybridized carbons (Fsp3) is 0.378. The van der Waals surface area contributed by atoms with Gasteiger partial charge in [-0.15, -0.1) is 15.2 Å². The lowest BCUT2D eigenvalue weighted by molar-refractivity contribution is -0.337. The lowest BCUT2D eigenvalue weighted by Gasteiger charge is -2.09. The van der Waals surface area contributed by atoms with Crippen LogP contribution in [0.3, 0.4) is 0 Å². The minimum atomic E-state index is -0.187. The molecule has 0 saturated heterocycles. The molecule has 0 radical (unpaired) electrons. The molecule has 2 amide bonds. The van der Waals surface area contributed by atoms with Crippen molar-refractivity contribution in [2.75, 3.05) is 17.2 Å². The third-order valence-corrected chi connectivity index (χ3v) is 9.20. The van der Waals surface area contributed by atoms with E-state index < -0.39 is 0 Å². The lowest BCUT2D eigenvalue weighted by atomic mass is 10.1. The molecular weight excluding hydrogens is 644 g/mol. The number of anilines is 2.